The molecular weight excluding hydrogens is 438 g/mol. The van der Waals surface area contributed by atoms with Crippen LogP contribution in [0, 0.1) is 12.3 Å². The van der Waals surface area contributed by atoms with Crippen molar-refractivity contribution in [3.63, 3.8) is 0 Å². The van der Waals surface area contributed by atoms with Crippen LogP contribution in [0.2, 0.25) is 0 Å². The van der Waals surface area contributed by atoms with E-state index in [0.29, 0.717) is 16.9 Å². The summed E-state index contributed by atoms with van der Waals surface area (Å²) in [5.41, 5.74) is 4.82. The Bertz CT molecular complexity index is 1110. The van der Waals surface area contributed by atoms with Gasteiger partial charge in [-0.3, -0.25) is 4.98 Å². The normalized spacial score (nSPS) is 17.2. The molecule has 2 aliphatic rings. The lowest BCUT2D eigenvalue weighted by Crippen LogP contribution is -2.48. The summed E-state index contributed by atoms with van der Waals surface area (Å²) < 4.78 is 43.1. The number of hydrogen-bond acceptors (Lipinski definition) is 5. The van der Waals surface area contributed by atoms with E-state index < -0.39 is 18.3 Å². The zero-order valence-electron chi connectivity index (χ0n) is 17.7. The number of ether oxygens (including phenoxy) is 1. The second-order valence-corrected chi connectivity index (χ2v) is 8.41. The van der Waals surface area contributed by atoms with E-state index in [0.717, 1.165) is 53.6 Å². The molecule has 0 amide bonds. The Morgan fingerprint density at radius 1 is 1.34 bits per heavy atom. The van der Waals surface area contributed by atoms with Crippen LogP contribution in [0.15, 0.2) is 36.4 Å². The number of methoxy groups -OCH3 is 1. The second-order valence-electron chi connectivity index (χ2n) is 7.94. The molecule has 3 heterocycles. The number of alkyl halides is 3. The maximum atomic E-state index is 12.6. The van der Waals surface area contributed by atoms with Gasteiger partial charge in [-0.2, -0.15) is 13.2 Å². The number of aromatic nitrogens is 2. The first-order valence-corrected chi connectivity index (χ1v) is 10.6. The molecule has 0 atom stereocenters. The summed E-state index contributed by atoms with van der Waals surface area (Å²) in [5, 5.41) is 10.2. The molecule has 0 bridgehead atoms. The zero-order chi connectivity index (χ0) is 23.1. The quantitative estimate of drug-likeness (QED) is 0.492. The van der Waals surface area contributed by atoms with Crippen LogP contribution in [-0.2, 0) is 5.54 Å². The van der Waals surface area contributed by atoms with Crippen molar-refractivity contribution in [2.45, 2.75) is 37.9 Å². The molecule has 4 rings (SSSR count). The van der Waals surface area contributed by atoms with Gasteiger partial charge in [0.25, 0.3) is 0 Å². The fourth-order valence-corrected chi connectivity index (χ4v) is 5.01. The highest BCUT2D eigenvalue weighted by Gasteiger charge is 2.54. The summed E-state index contributed by atoms with van der Waals surface area (Å²) in [5.74, 6) is 0.625. The molecule has 2 aromatic rings. The minimum absolute atomic E-state index is 0.334. The van der Waals surface area contributed by atoms with Crippen LogP contribution >= 0.6 is 8.86 Å². The van der Waals surface area contributed by atoms with Crippen LogP contribution in [0.4, 0.5) is 13.2 Å². The zero-order valence-corrected chi connectivity index (χ0v) is 18.7. The molecule has 1 spiro atoms. The Kier molecular flexibility index (Phi) is 5.71. The summed E-state index contributed by atoms with van der Waals surface area (Å²) in [7, 11) is 5.30. The number of allylic oxidation sites excluding steroid dienone is 1. The van der Waals surface area contributed by atoms with Crippen molar-refractivity contribution in [1.82, 2.24) is 20.2 Å². The van der Waals surface area contributed by atoms with Gasteiger partial charge in [0.15, 0.2) is 0 Å². The molecule has 2 aromatic heterocycles. The second kappa shape index (κ2) is 8.20. The molecular formula is C22H23F3N5OP. The highest BCUT2D eigenvalue weighted by atomic mass is 31.0. The number of aryl methyl sites for hydroxylation is 1. The standard InChI is InChI=1S/C22H23F3N5OP/c1-13-6-17(14-7-16(31-2)11-27-9-14)29-19-18(13)20(32)30(21(19)4-3-5-21)15(8-26)10-28-12-22(23,24)25/h6-11,26,28,32H,3-5,12H2,1-2H3/b15-10+,26-8?. The Labute approximate surface area is 186 Å². The van der Waals surface area contributed by atoms with Crippen LogP contribution in [0.25, 0.3) is 11.3 Å². The van der Waals surface area contributed by atoms with Crippen molar-refractivity contribution >= 4 is 20.5 Å². The Morgan fingerprint density at radius 2 is 2.09 bits per heavy atom. The van der Waals surface area contributed by atoms with E-state index in [9.17, 15) is 13.2 Å². The average Bonchev–Trinajstić information content (AvgIpc) is 2.99. The van der Waals surface area contributed by atoms with Crippen molar-refractivity contribution in [2.75, 3.05) is 13.7 Å². The summed E-state index contributed by atoms with van der Waals surface area (Å²) in [4.78, 5) is 11.1. The largest absolute Gasteiger partial charge is 0.495 e. The fourth-order valence-electron chi connectivity index (χ4n) is 4.35. The number of nitrogens with one attached hydrogen (secondary N) is 2. The van der Waals surface area contributed by atoms with Gasteiger partial charge in [-0.1, -0.05) is 8.86 Å². The van der Waals surface area contributed by atoms with Gasteiger partial charge in [-0.15, -0.1) is 0 Å². The predicted molar refractivity (Wildman–Crippen MR) is 119 cm³/mol. The van der Waals surface area contributed by atoms with Crippen molar-refractivity contribution in [3.05, 3.63) is 53.2 Å². The SMILES string of the molecule is COc1cncc(-c2cc(C)c3c(n2)C2(CCC2)N(/C(C=N)=C/NCC(F)(F)F)C3=P)c1. The van der Waals surface area contributed by atoms with Gasteiger partial charge >= 0.3 is 6.18 Å². The van der Waals surface area contributed by atoms with Gasteiger partial charge in [0.2, 0.25) is 0 Å². The summed E-state index contributed by atoms with van der Waals surface area (Å²) in [6.07, 6.45) is 3.84. The van der Waals surface area contributed by atoms with Gasteiger partial charge < -0.3 is 20.4 Å². The van der Waals surface area contributed by atoms with Crippen LogP contribution in [0.1, 0.15) is 36.1 Å². The summed E-state index contributed by atoms with van der Waals surface area (Å²) >= 11 is 0. The van der Waals surface area contributed by atoms with Crippen molar-refractivity contribution < 1.29 is 17.9 Å². The molecule has 0 unspecified atom stereocenters. The van der Waals surface area contributed by atoms with E-state index >= 15 is 0 Å². The molecule has 0 saturated heterocycles. The molecule has 32 heavy (non-hydrogen) atoms. The molecule has 0 aromatic carbocycles. The van der Waals surface area contributed by atoms with Gasteiger partial charge in [-0.05, 0) is 43.9 Å². The number of nitrogens with zero attached hydrogens (tertiary/aromatic N) is 3. The fraction of sp³-hybridized carbons (Fsp3) is 0.364. The lowest BCUT2D eigenvalue weighted by molar-refractivity contribution is -0.122. The molecule has 1 saturated carbocycles. The van der Waals surface area contributed by atoms with E-state index in [1.54, 1.807) is 19.5 Å². The predicted octanol–water partition coefficient (Wildman–Crippen LogP) is 4.42. The van der Waals surface area contributed by atoms with Crippen LogP contribution in [0.3, 0.4) is 0 Å². The van der Waals surface area contributed by atoms with Gasteiger partial charge in [0.05, 0.1) is 41.3 Å². The van der Waals surface area contributed by atoms with E-state index in [1.165, 1.54) is 6.20 Å². The topological polar surface area (TPSA) is 74.1 Å². The van der Waals surface area contributed by atoms with Crippen LogP contribution in [-0.4, -0.2) is 46.3 Å². The molecule has 0 radical (unpaired) electrons. The van der Waals surface area contributed by atoms with E-state index in [2.05, 4.69) is 19.2 Å². The van der Waals surface area contributed by atoms with E-state index in [1.807, 2.05) is 24.0 Å². The number of hydrogen-bond donors (Lipinski definition) is 2. The Morgan fingerprint density at radius 3 is 2.69 bits per heavy atom. The molecule has 1 aliphatic heterocycles. The minimum Gasteiger partial charge on any atom is -0.495 e. The maximum absolute atomic E-state index is 12.6. The first-order valence-electron chi connectivity index (χ1n) is 10.1. The molecule has 2 N–H and O–H groups in total. The third-order valence-corrected chi connectivity index (χ3v) is 6.40. The van der Waals surface area contributed by atoms with Crippen molar-refractivity contribution in [2.24, 2.45) is 0 Å². The molecule has 1 fully saturated rings. The molecule has 6 nitrogen and oxygen atoms in total. The highest BCUT2D eigenvalue weighted by molar-refractivity contribution is 7.22. The number of fused-ring (bicyclic) bond motifs is 2. The first-order chi connectivity index (χ1) is 15.2. The van der Waals surface area contributed by atoms with Crippen LogP contribution in [0.5, 0.6) is 5.75 Å². The molecule has 1 aliphatic carbocycles. The number of rotatable bonds is 6. The average molecular weight is 461 g/mol. The lowest BCUT2D eigenvalue weighted by Gasteiger charge is -2.46. The van der Waals surface area contributed by atoms with Crippen molar-refractivity contribution in [3.8, 4) is 17.0 Å². The Balaban J connectivity index is 1.78. The van der Waals surface area contributed by atoms with Crippen LogP contribution < -0.4 is 10.1 Å². The smallest absolute Gasteiger partial charge is 0.405 e. The monoisotopic (exact) mass is 461 g/mol. The Hall–Kier alpha value is -2.93. The number of halogens is 3. The van der Waals surface area contributed by atoms with Gasteiger partial charge in [-0.25, -0.2) is 4.98 Å². The first kappa shape index (κ1) is 22.3. The summed E-state index contributed by atoms with van der Waals surface area (Å²) in [6, 6.07) is 3.82. The maximum Gasteiger partial charge on any atom is 0.405 e. The lowest BCUT2D eigenvalue weighted by atomic mass is 9.73. The third kappa shape index (κ3) is 3.75. The minimum atomic E-state index is -4.34. The van der Waals surface area contributed by atoms with Gasteiger partial charge in [0, 0.05) is 29.7 Å². The highest BCUT2D eigenvalue weighted by Crippen LogP contribution is 2.54. The molecule has 10 heteroatoms. The van der Waals surface area contributed by atoms with Crippen molar-refractivity contribution in [1.29, 1.82) is 5.41 Å². The summed E-state index contributed by atoms with van der Waals surface area (Å²) in [6.45, 7) is 0.808. The van der Waals surface area contributed by atoms with E-state index in [-0.39, 0.29) is 0 Å². The number of pyridine rings is 2. The van der Waals surface area contributed by atoms with E-state index in [4.69, 9.17) is 15.1 Å². The van der Waals surface area contributed by atoms with Gasteiger partial charge in [0.1, 0.15) is 12.3 Å². The third-order valence-electron chi connectivity index (χ3n) is 5.93. The molecule has 168 valence electrons.